The first-order valence-electron chi connectivity index (χ1n) is 6.61. The van der Waals surface area contributed by atoms with E-state index in [9.17, 15) is 4.79 Å². The van der Waals surface area contributed by atoms with Gasteiger partial charge in [0.1, 0.15) is 0 Å². The average molecular weight is 263 g/mol. The summed E-state index contributed by atoms with van der Waals surface area (Å²) in [5.41, 5.74) is 5.52. The quantitative estimate of drug-likeness (QED) is 0.772. The molecule has 1 fully saturated rings. The van der Waals surface area contributed by atoms with E-state index in [1.807, 2.05) is 6.92 Å². The van der Waals surface area contributed by atoms with Crippen molar-refractivity contribution in [3.8, 4) is 0 Å². The standard InChI is InChI=1S/C13H26N2O.ClH/c1-10(8-14)9-15-13(16)11(2)7-12-5-3-4-6-12;/h10-12H,3-9,14H2,1-2H3,(H,15,16);1H. The number of rotatable bonds is 6. The molecule has 0 spiro atoms. The molecule has 1 amide bonds. The van der Waals surface area contributed by atoms with Crippen molar-refractivity contribution >= 4 is 18.3 Å². The van der Waals surface area contributed by atoms with Crippen LogP contribution < -0.4 is 11.1 Å². The minimum absolute atomic E-state index is 0. The van der Waals surface area contributed by atoms with Gasteiger partial charge in [0, 0.05) is 12.5 Å². The Hall–Kier alpha value is -0.280. The van der Waals surface area contributed by atoms with Crippen molar-refractivity contribution in [2.45, 2.75) is 46.0 Å². The lowest BCUT2D eigenvalue weighted by atomic mass is 9.94. The molecule has 4 heteroatoms. The topological polar surface area (TPSA) is 55.1 Å². The van der Waals surface area contributed by atoms with E-state index in [2.05, 4.69) is 12.2 Å². The average Bonchev–Trinajstić information content (AvgIpc) is 2.77. The fourth-order valence-electron chi connectivity index (χ4n) is 2.39. The Morgan fingerprint density at radius 1 is 1.35 bits per heavy atom. The molecule has 2 atom stereocenters. The first-order chi connectivity index (χ1) is 7.63. The van der Waals surface area contributed by atoms with E-state index in [1.165, 1.54) is 25.7 Å². The second-order valence-corrected chi connectivity index (χ2v) is 5.37. The number of amides is 1. The molecule has 1 aliphatic carbocycles. The third kappa shape index (κ3) is 6.27. The van der Waals surface area contributed by atoms with Crippen LogP contribution in [0.1, 0.15) is 46.0 Å². The Bertz CT molecular complexity index is 217. The highest BCUT2D eigenvalue weighted by atomic mass is 35.5. The number of hydrogen-bond donors (Lipinski definition) is 2. The van der Waals surface area contributed by atoms with Crippen LogP contribution in [0, 0.1) is 17.8 Å². The van der Waals surface area contributed by atoms with E-state index in [0.717, 1.165) is 12.3 Å². The molecule has 1 aliphatic rings. The van der Waals surface area contributed by atoms with Crippen molar-refractivity contribution < 1.29 is 4.79 Å². The van der Waals surface area contributed by atoms with Crippen LogP contribution in [-0.4, -0.2) is 19.0 Å². The van der Waals surface area contributed by atoms with Gasteiger partial charge < -0.3 is 11.1 Å². The highest BCUT2D eigenvalue weighted by Gasteiger charge is 2.21. The molecule has 1 rings (SSSR count). The molecule has 0 saturated heterocycles. The summed E-state index contributed by atoms with van der Waals surface area (Å²) in [4.78, 5) is 11.8. The molecule has 17 heavy (non-hydrogen) atoms. The summed E-state index contributed by atoms with van der Waals surface area (Å²) in [6.45, 7) is 5.45. The zero-order valence-corrected chi connectivity index (χ0v) is 11.9. The van der Waals surface area contributed by atoms with Crippen molar-refractivity contribution in [2.75, 3.05) is 13.1 Å². The number of nitrogens with two attached hydrogens (primary N) is 1. The molecule has 0 bridgehead atoms. The van der Waals surface area contributed by atoms with Crippen LogP contribution in [0.25, 0.3) is 0 Å². The monoisotopic (exact) mass is 262 g/mol. The minimum Gasteiger partial charge on any atom is -0.356 e. The number of hydrogen-bond acceptors (Lipinski definition) is 2. The zero-order valence-electron chi connectivity index (χ0n) is 11.1. The van der Waals surface area contributed by atoms with Crippen LogP contribution in [0.3, 0.4) is 0 Å². The first-order valence-corrected chi connectivity index (χ1v) is 6.61. The van der Waals surface area contributed by atoms with Crippen molar-refractivity contribution in [2.24, 2.45) is 23.5 Å². The van der Waals surface area contributed by atoms with E-state index in [4.69, 9.17) is 5.73 Å². The van der Waals surface area contributed by atoms with Crippen LogP contribution in [0.4, 0.5) is 0 Å². The Morgan fingerprint density at radius 2 is 1.94 bits per heavy atom. The third-order valence-corrected chi connectivity index (χ3v) is 3.64. The summed E-state index contributed by atoms with van der Waals surface area (Å²) in [5.74, 6) is 1.52. The van der Waals surface area contributed by atoms with Gasteiger partial charge in [-0.3, -0.25) is 4.79 Å². The number of halogens is 1. The van der Waals surface area contributed by atoms with Gasteiger partial charge in [-0.05, 0) is 24.8 Å². The van der Waals surface area contributed by atoms with E-state index < -0.39 is 0 Å². The van der Waals surface area contributed by atoms with E-state index in [-0.39, 0.29) is 24.2 Å². The van der Waals surface area contributed by atoms with Gasteiger partial charge >= 0.3 is 0 Å². The van der Waals surface area contributed by atoms with Crippen LogP contribution >= 0.6 is 12.4 Å². The molecule has 3 N–H and O–H groups in total. The fourth-order valence-corrected chi connectivity index (χ4v) is 2.39. The molecule has 0 aliphatic heterocycles. The van der Waals surface area contributed by atoms with Gasteiger partial charge in [-0.2, -0.15) is 0 Å². The lowest BCUT2D eigenvalue weighted by Crippen LogP contribution is -2.35. The largest absolute Gasteiger partial charge is 0.356 e. The molecule has 1 saturated carbocycles. The number of carbonyl (C=O) groups excluding carboxylic acids is 1. The van der Waals surface area contributed by atoms with Gasteiger partial charge in [-0.1, -0.05) is 39.5 Å². The summed E-state index contributed by atoms with van der Waals surface area (Å²) < 4.78 is 0. The van der Waals surface area contributed by atoms with E-state index in [0.29, 0.717) is 19.0 Å². The van der Waals surface area contributed by atoms with Crippen molar-refractivity contribution in [1.82, 2.24) is 5.32 Å². The molecule has 0 heterocycles. The fraction of sp³-hybridized carbons (Fsp3) is 0.923. The van der Waals surface area contributed by atoms with Gasteiger partial charge in [0.25, 0.3) is 0 Å². The van der Waals surface area contributed by atoms with Crippen molar-refractivity contribution in [3.05, 3.63) is 0 Å². The Labute approximate surface area is 111 Å². The molecule has 3 nitrogen and oxygen atoms in total. The minimum atomic E-state index is 0. The highest BCUT2D eigenvalue weighted by molar-refractivity contribution is 5.85. The maximum Gasteiger partial charge on any atom is 0.222 e. The van der Waals surface area contributed by atoms with E-state index >= 15 is 0 Å². The first kappa shape index (κ1) is 16.7. The molecule has 0 aromatic rings. The predicted molar refractivity (Wildman–Crippen MR) is 74.2 cm³/mol. The Balaban J connectivity index is 0.00000256. The van der Waals surface area contributed by atoms with Crippen molar-refractivity contribution in [1.29, 1.82) is 0 Å². The van der Waals surface area contributed by atoms with Crippen molar-refractivity contribution in [3.63, 3.8) is 0 Å². The molecule has 2 unspecified atom stereocenters. The smallest absolute Gasteiger partial charge is 0.222 e. The Morgan fingerprint density at radius 3 is 2.47 bits per heavy atom. The van der Waals surface area contributed by atoms with Crippen LogP contribution in [0.2, 0.25) is 0 Å². The summed E-state index contributed by atoms with van der Waals surface area (Å²) >= 11 is 0. The van der Waals surface area contributed by atoms with Gasteiger partial charge in [0.05, 0.1) is 0 Å². The summed E-state index contributed by atoms with van der Waals surface area (Å²) in [6.07, 6.45) is 6.39. The van der Waals surface area contributed by atoms with Gasteiger partial charge in [-0.25, -0.2) is 0 Å². The number of nitrogens with one attached hydrogen (secondary N) is 1. The second kappa shape index (κ2) is 8.76. The van der Waals surface area contributed by atoms with Crippen LogP contribution in [0.5, 0.6) is 0 Å². The second-order valence-electron chi connectivity index (χ2n) is 5.37. The SMILES string of the molecule is CC(CN)CNC(=O)C(C)CC1CCCC1.Cl. The van der Waals surface area contributed by atoms with Crippen LogP contribution in [-0.2, 0) is 4.79 Å². The maximum atomic E-state index is 11.8. The molecule has 0 aromatic heterocycles. The lowest BCUT2D eigenvalue weighted by Gasteiger charge is -2.17. The lowest BCUT2D eigenvalue weighted by molar-refractivity contribution is -0.125. The molecule has 0 aromatic carbocycles. The highest BCUT2D eigenvalue weighted by Crippen LogP contribution is 2.30. The summed E-state index contributed by atoms with van der Waals surface area (Å²) in [7, 11) is 0. The van der Waals surface area contributed by atoms with E-state index in [1.54, 1.807) is 0 Å². The maximum absolute atomic E-state index is 11.8. The summed E-state index contributed by atoms with van der Waals surface area (Å²) in [5, 5.41) is 2.99. The number of carbonyl (C=O) groups is 1. The Kier molecular flexibility index (Phi) is 8.61. The van der Waals surface area contributed by atoms with Gasteiger partial charge in [0.15, 0.2) is 0 Å². The van der Waals surface area contributed by atoms with Gasteiger partial charge in [0.2, 0.25) is 5.91 Å². The van der Waals surface area contributed by atoms with Gasteiger partial charge in [-0.15, -0.1) is 12.4 Å². The molecular weight excluding hydrogens is 236 g/mol. The zero-order chi connectivity index (χ0) is 12.0. The van der Waals surface area contributed by atoms with Crippen LogP contribution in [0.15, 0.2) is 0 Å². The third-order valence-electron chi connectivity index (χ3n) is 3.64. The molecular formula is C13H27ClN2O. The normalized spacial score (nSPS) is 19.5. The summed E-state index contributed by atoms with van der Waals surface area (Å²) in [6, 6.07) is 0. The predicted octanol–water partition coefficient (Wildman–Crippen LogP) is 2.34. The molecule has 102 valence electrons. The molecule has 0 radical (unpaired) electrons.